The van der Waals surface area contributed by atoms with Crippen LogP contribution in [0.5, 0.6) is 0 Å². The number of nitrogens with zero attached hydrogens (tertiary/aromatic N) is 1. The summed E-state index contributed by atoms with van der Waals surface area (Å²) in [7, 11) is 0. The molecule has 0 aromatic heterocycles. The monoisotopic (exact) mass is 199 g/mol. The van der Waals surface area contributed by atoms with Gasteiger partial charge in [-0.15, -0.1) is 0 Å². The van der Waals surface area contributed by atoms with Crippen LogP contribution in [0, 0.1) is 0 Å². The van der Waals surface area contributed by atoms with Crippen molar-refractivity contribution in [1.82, 2.24) is 10.2 Å². The van der Waals surface area contributed by atoms with Gasteiger partial charge in [-0.05, 0) is 25.9 Å². The highest BCUT2D eigenvalue weighted by Gasteiger charge is 2.27. The molecular weight excluding hydrogens is 178 g/mol. The van der Waals surface area contributed by atoms with E-state index in [0.717, 1.165) is 19.6 Å². The van der Waals surface area contributed by atoms with Gasteiger partial charge in [-0.25, -0.2) is 0 Å². The van der Waals surface area contributed by atoms with E-state index in [2.05, 4.69) is 24.1 Å². The summed E-state index contributed by atoms with van der Waals surface area (Å²) in [5.41, 5.74) is 5.34. The van der Waals surface area contributed by atoms with E-state index in [0.29, 0.717) is 6.04 Å². The van der Waals surface area contributed by atoms with Crippen LogP contribution in [0.1, 0.15) is 26.7 Å². The molecule has 0 spiro atoms. The second kappa shape index (κ2) is 5.32. The minimum atomic E-state index is -0.233. The van der Waals surface area contributed by atoms with Crippen molar-refractivity contribution in [2.45, 2.75) is 38.8 Å². The van der Waals surface area contributed by atoms with Crippen LogP contribution in [-0.2, 0) is 4.79 Å². The number of likely N-dealkylation sites (N-methyl/N-ethyl adjacent to an activating group) is 1. The first-order valence-corrected chi connectivity index (χ1v) is 5.45. The van der Waals surface area contributed by atoms with Crippen LogP contribution >= 0.6 is 0 Å². The predicted octanol–water partition coefficient (Wildman–Crippen LogP) is -0.0659. The molecule has 4 heteroatoms. The van der Waals surface area contributed by atoms with Crippen molar-refractivity contribution in [1.29, 1.82) is 0 Å². The fourth-order valence-corrected chi connectivity index (χ4v) is 1.50. The van der Waals surface area contributed by atoms with Gasteiger partial charge in [0.05, 0.1) is 6.04 Å². The van der Waals surface area contributed by atoms with Gasteiger partial charge < -0.3 is 16.0 Å². The van der Waals surface area contributed by atoms with Crippen LogP contribution in [0.25, 0.3) is 0 Å². The Hall–Kier alpha value is -0.610. The zero-order valence-corrected chi connectivity index (χ0v) is 9.12. The highest BCUT2D eigenvalue weighted by atomic mass is 16.1. The Morgan fingerprint density at radius 3 is 2.43 bits per heavy atom. The van der Waals surface area contributed by atoms with Crippen molar-refractivity contribution in [3.63, 3.8) is 0 Å². The van der Waals surface area contributed by atoms with Crippen molar-refractivity contribution in [2.24, 2.45) is 5.73 Å². The Kier molecular flexibility index (Phi) is 4.35. The van der Waals surface area contributed by atoms with Crippen molar-refractivity contribution >= 4 is 5.91 Å². The lowest BCUT2D eigenvalue weighted by Gasteiger charge is -2.23. The average molecular weight is 199 g/mol. The molecule has 1 aliphatic carbocycles. The first-order chi connectivity index (χ1) is 6.67. The molecule has 1 atom stereocenters. The highest BCUT2D eigenvalue weighted by Crippen LogP contribution is 2.19. The van der Waals surface area contributed by atoms with Gasteiger partial charge in [0.1, 0.15) is 0 Å². The van der Waals surface area contributed by atoms with E-state index >= 15 is 0 Å². The molecule has 1 saturated carbocycles. The van der Waals surface area contributed by atoms with E-state index in [-0.39, 0.29) is 11.9 Å². The van der Waals surface area contributed by atoms with Crippen LogP contribution in [-0.4, -0.2) is 42.5 Å². The quantitative estimate of drug-likeness (QED) is 0.603. The summed E-state index contributed by atoms with van der Waals surface area (Å²) in [6.45, 7) is 6.86. The maximum atomic E-state index is 11.2. The molecule has 0 radical (unpaired) electrons. The molecule has 1 fully saturated rings. The van der Waals surface area contributed by atoms with Crippen molar-refractivity contribution in [3.8, 4) is 0 Å². The lowest BCUT2D eigenvalue weighted by molar-refractivity contribution is -0.120. The van der Waals surface area contributed by atoms with E-state index in [1.807, 2.05) is 0 Å². The molecule has 1 unspecified atom stereocenters. The lowest BCUT2D eigenvalue weighted by atomic mass is 10.2. The molecule has 0 heterocycles. The molecule has 3 N–H and O–H groups in total. The number of primary amides is 1. The van der Waals surface area contributed by atoms with E-state index in [9.17, 15) is 4.79 Å². The Morgan fingerprint density at radius 1 is 1.50 bits per heavy atom. The van der Waals surface area contributed by atoms with E-state index in [1.165, 1.54) is 12.8 Å². The zero-order valence-electron chi connectivity index (χ0n) is 9.12. The first-order valence-electron chi connectivity index (χ1n) is 5.45. The normalized spacial score (nSPS) is 18.5. The SMILES string of the molecule is CCN(CC)CC(NC1CC1)C(N)=O. The van der Waals surface area contributed by atoms with Crippen LogP contribution in [0.2, 0.25) is 0 Å². The Bertz CT molecular complexity index is 188. The second-order valence-electron chi connectivity index (χ2n) is 3.88. The Labute approximate surface area is 85.8 Å². The van der Waals surface area contributed by atoms with Crippen LogP contribution in [0.15, 0.2) is 0 Å². The lowest BCUT2D eigenvalue weighted by Crippen LogP contribution is -2.49. The van der Waals surface area contributed by atoms with E-state index < -0.39 is 0 Å². The third-order valence-corrected chi connectivity index (χ3v) is 2.69. The van der Waals surface area contributed by atoms with Gasteiger partial charge in [0.25, 0.3) is 0 Å². The van der Waals surface area contributed by atoms with Crippen molar-refractivity contribution < 1.29 is 4.79 Å². The fraction of sp³-hybridized carbons (Fsp3) is 0.900. The molecule has 1 aliphatic rings. The van der Waals surface area contributed by atoms with Crippen LogP contribution < -0.4 is 11.1 Å². The van der Waals surface area contributed by atoms with Gasteiger partial charge in [-0.3, -0.25) is 4.79 Å². The van der Waals surface area contributed by atoms with Crippen LogP contribution in [0.4, 0.5) is 0 Å². The summed E-state index contributed by atoms with van der Waals surface area (Å²) in [5, 5.41) is 3.27. The second-order valence-corrected chi connectivity index (χ2v) is 3.88. The van der Waals surface area contributed by atoms with Crippen molar-refractivity contribution in [3.05, 3.63) is 0 Å². The topological polar surface area (TPSA) is 58.4 Å². The van der Waals surface area contributed by atoms with E-state index in [1.54, 1.807) is 0 Å². The third kappa shape index (κ3) is 3.64. The average Bonchev–Trinajstić information content (AvgIpc) is 2.95. The molecule has 0 bridgehead atoms. The summed E-state index contributed by atoms with van der Waals surface area (Å²) in [5.74, 6) is -0.233. The molecular formula is C10H21N3O. The Morgan fingerprint density at radius 2 is 2.07 bits per heavy atom. The Balaban J connectivity index is 2.36. The standard InChI is InChI=1S/C10H21N3O/c1-3-13(4-2)7-9(10(11)14)12-8-5-6-8/h8-9,12H,3-7H2,1-2H3,(H2,11,14). The van der Waals surface area contributed by atoms with Gasteiger partial charge in [-0.2, -0.15) is 0 Å². The molecule has 1 rings (SSSR count). The number of hydrogen-bond donors (Lipinski definition) is 2. The summed E-state index contributed by atoms with van der Waals surface area (Å²) in [4.78, 5) is 13.4. The number of carbonyl (C=O) groups excluding carboxylic acids is 1. The molecule has 4 nitrogen and oxygen atoms in total. The number of nitrogens with one attached hydrogen (secondary N) is 1. The minimum Gasteiger partial charge on any atom is -0.368 e. The summed E-state index contributed by atoms with van der Waals surface area (Å²) >= 11 is 0. The number of carbonyl (C=O) groups is 1. The molecule has 0 aromatic carbocycles. The van der Waals surface area contributed by atoms with Gasteiger partial charge in [0.2, 0.25) is 5.91 Å². The summed E-state index contributed by atoms with van der Waals surface area (Å²) < 4.78 is 0. The number of nitrogens with two attached hydrogens (primary N) is 1. The molecule has 0 saturated heterocycles. The zero-order chi connectivity index (χ0) is 10.6. The third-order valence-electron chi connectivity index (χ3n) is 2.69. The maximum absolute atomic E-state index is 11.2. The number of amides is 1. The maximum Gasteiger partial charge on any atom is 0.235 e. The number of hydrogen-bond acceptors (Lipinski definition) is 3. The van der Waals surface area contributed by atoms with E-state index in [4.69, 9.17) is 5.73 Å². The largest absolute Gasteiger partial charge is 0.368 e. The van der Waals surface area contributed by atoms with Gasteiger partial charge in [-0.1, -0.05) is 13.8 Å². The molecule has 0 aliphatic heterocycles. The predicted molar refractivity (Wildman–Crippen MR) is 56.9 cm³/mol. The smallest absolute Gasteiger partial charge is 0.235 e. The van der Waals surface area contributed by atoms with Crippen LogP contribution in [0.3, 0.4) is 0 Å². The molecule has 14 heavy (non-hydrogen) atoms. The highest BCUT2D eigenvalue weighted by molar-refractivity contribution is 5.80. The summed E-state index contributed by atoms with van der Waals surface area (Å²) in [6.07, 6.45) is 2.37. The summed E-state index contributed by atoms with van der Waals surface area (Å²) in [6, 6.07) is 0.352. The fourth-order valence-electron chi connectivity index (χ4n) is 1.50. The first kappa shape index (κ1) is 11.5. The van der Waals surface area contributed by atoms with Gasteiger partial charge >= 0.3 is 0 Å². The minimum absolute atomic E-state index is 0.178. The molecule has 0 aromatic rings. The van der Waals surface area contributed by atoms with Gasteiger partial charge in [0.15, 0.2) is 0 Å². The van der Waals surface area contributed by atoms with Gasteiger partial charge in [0, 0.05) is 12.6 Å². The number of rotatable bonds is 7. The molecule has 1 amide bonds. The van der Waals surface area contributed by atoms with Crippen molar-refractivity contribution in [2.75, 3.05) is 19.6 Å². The molecule has 82 valence electrons.